The molecule has 0 saturated carbocycles. The summed E-state index contributed by atoms with van der Waals surface area (Å²) in [4.78, 5) is 25.8. The number of benzene rings is 1. The highest BCUT2D eigenvalue weighted by Crippen LogP contribution is 2.34. The van der Waals surface area contributed by atoms with Crippen LogP contribution in [0, 0.1) is 17.2 Å². The summed E-state index contributed by atoms with van der Waals surface area (Å²) in [6.07, 6.45) is 0. The summed E-state index contributed by atoms with van der Waals surface area (Å²) in [7, 11) is 4.51. The molecule has 0 N–H and O–H groups in total. The van der Waals surface area contributed by atoms with Crippen LogP contribution in [-0.4, -0.2) is 51.2 Å². The Morgan fingerprint density at radius 1 is 1.23 bits per heavy atom. The zero-order valence-electron chi connectivity index (χ0n) is 12.8. The van der Waals surface area contributed by atoms with E-state index in [-0.39, 0.29) is 17.4 Å². The van der Waals surface area contributed by atoms with Crippen LogP contribution in [0.4, 0.5) is 0 Å². The molecule has 1 aliphatic heterocycles. The molecular formula is C16H18N2O4. The maximum atomic E-state index is 12.1. The highest BCUT2D eigenvalue weighted by Gasteiger charge is 2.34. The van der Waals surface area contributed by atoms with Gasteiger partial charge in [0.15, 0.2) is 0 Å². The van der Waals surface area contributed by atoms with E-state index in [1.54, 1.807) is 12.1 Å². The molecule has 22 heavy (non-hydrogen) atoms. The molecule has 1 aliphatic rings. The largest absolute Gasteiger partial charge is 0.465 e. The van der Waals surface area contributed by atoms with Crippen molar-refractivity contribution in [3.8, 4) is 6.07 Å². The Balaban J connectivity index is 2.49. The van der Waals surface area contributed by atoms with Crippen molar-refractivity contribution in [3.05, 3.63) is 34.9 Å². The van der Waals surface area contributed by atoms with Gasteiger partial charge in [-0.05, 0) is 24.7 Å². The van der Waals surface area contributed by atoms with Gasteiger partial charge in [-0.15, -0.1) is 0 Å². The molecule has 0 aliphatic carbocycles. The lowest BCUT2D eigenvalue weighted by Gasteiger charge is -2.17. The van der Waals surface area contributed by atoms with Gasteiger partial charge in [0.05, 0.1) is 37.3 Å². The molecule has 1 saturated heterocycles. The van der Waals surface area contributed by atoms with E-state index >= 15 is 0 Å². The molecule has 6 heteroatoms. The molecule has 2 atom stereocenters. The molecule has 0 amide bonds. The standard InChI is InChI=1S/C16H18N2O4/c1-18-8-11(7-17)14(9-18)12-5-4-10(15(19)21-2)6-13(12)16(20)22-3/h4-6,11,14H,8-9H2,1-3H3/t11-,14-/m0/s1. The first-order chi connectivity index (χ1) is 10.5. The molecule has 0 radical (unpaired) electrons. The fourth-order valence-electron chi connectivity index (χ4n) is 2.86. The minimum absolute atomic E-state index is 0.0872. The second-order valence-corrected chi connectivity index (χ2v) is 5.35. The smallest absolute Gasteiger partial charge is 0.338 e. The van der Waals surface area contributed by atoms with Gasteiger partial charge in [0.1, 0.15) is 0 Å². The van der Waals surface area contributed by atoms with Gasteiger partial charge in [0, 0.05) is 19.0 Å². The second kappa shape index (κ2) is 6.58. The SMILES string of the molecule is COC(=O)c1ccc([C@H]2CN(C)C[C@@H]2C#N)c(C(=O)OC)c1. The summed E-state index contributed by atoms with van der Waals surface area (Å²) >= 11 is 0. The number of carbonyl (C=O) groups excluding carboxylic acids is 2. The number of hydrogen-bond donors (Lipinski definition) is 0. The average Bonchev–Trinajstić information content (AvgIpc) is 2.93. The second-order valence-electron chi connectivity index (χ2n) is 5.35. The molecule has 1 heterocycles. The van der Waals surface area contributed by atoms with Gasteiger partial charge in [0.2, 0.25) is 0 Å². The lowest BCUT2D eigenvalue weighted by molar-refractivity contribution is 0.0598. The number of hydrogen-bond acceptors (Lipinski definition) is 6. The van der Waals surface area contributed by atoms with Gasteiger partial charge < -0.3 is 14.4 Å². The zero-order valence-corrected chi connectivity index (χ0v) is 12.8. The lowest BCUT2D eigenvalue weighted by atomic mass is 9.86. The Hall–Kier alpha value is -2.39. The topological polar surface area (TPSA) is 79.6 Å². The van der Waals surface area contributed by atoms with Crippen molar-refractivity contribution in [1.29, 1.82) is 5.26 Å². The summed E-state index contributed by atoms with van der Waals surface area (Å²) in [5.74, 6) is -1.32. The zero-order chi connectivity index (χ0) is 16.3. The van der Waals surface area contributed by atoms with E-state index in [0.29, 0.717) is 18.7 Å². The molecule has 0 aromatic heterocycles. The summed E-state index contributed by atoms with van der Waals surface area (Å²) in [6.45, 7) is 1.33. The van der Waals surface area contributed by atoms with E-state index in [0.717, 1.165) is 5.56 Å². The number of methoxy groups -OCH3 is 2. The number of carbonyl (C=O) groups is 2. The summed E-state index contributed by atoms with van der Waals surface area (Å²) in [6, 6.07) is 7.09. The van der Waals surface area contributed by atoms with Crippen LogP contribution in [0.1, 0.15) is 32.2 Å². The first-order valence-corrected chi connectivity index (χ1v) is 6.90. The van der Waals surface area contributed by atoms with E-state index in [4.69, 9.17) is 4.74 Å². The normalized spacial score (nSPS) is 21.2. The van der Waals surface area contributed by atoms with Crippen molar-refractivity contribution < 1.29 is 19.1 Å². The summed E-state index contributed by atoms with van der Waals surface area (Å²) in [5, 5.41) is 9.32. The van der Waals surface area contributed by atoms with Crippen molar-refractivity contribution >= 4 is 11.9 Å². The minimum Gasteiger partial charge on any atom is -0.465 e. The Kier molecular flexibility index (Phi) is 4.78. The van der Waals surface area contributed by atoms with Crippen LogP contribution < -0.4 is 0 Å². The Morgan fingerprint density at radius 3 is 2.50 bits per heavy atom. The van der Waals surface area contributed by atoms with E-state index in [1.807, 2.05) is 11.9 Å². The Labute approximate surface area is 129 Å². The fraction of sp³-hybridized carbons (Fsp3) is 0.438. The molecule has 1 aromatic carbocycles. The lowest BCUT2D eigenvalue weighted by Crippen LogP contribution is -2.16. The molecule has 6 nitrogen and oxygen atoms in total. The van der Waals surface area contributed by atoms with Crippen LogP contribution >= 0.6 is 0 Å². The number of likely N-dealkylation sites (N-methyl/N-ethyl adjacent to an activating group) is 1. The van der Waals surface area contributed by atoms with E-state index in [1.165, 1.54) is 20.3 Å². The van der Waals surface area contributed by atoms with E-state index in [9.17, 15) is 14.9 Å². The van der Waals surface area contributed by atoms with Crippen molar-refractivity contribution in [3.63, 3.8) is 0 Å². The maximum absolute atomic E-state index is 12.1. The minimum atomic E-state index is -0.521. The van der Waals surface area contributed by atoms with Crippen LogP contribution in [0.5, 0.6) is 0 Å². The average molecular weight is 302 g/mol. The van der Waals surface area contributed by atoms with Crippen LogP contribution in [-0.2, 0) is 9.47 Å². The molecule has 0 bridgehead atoms. The van der Waals surface area contributed by atoms with Crippen molar-refractivity contribution in [2.24, 2.45) is 5.92 Å². The van der Waals surface area contributed by atoms with Crippen LogP contribution in [0.3, 0.4) is 0 Å². The number of nitrogens with zero attached hydrogens (tertiary/aromatic N) is 2. The maximum Gasteiger partial charge on any atom is 0.338 e. The fourth-order valence-corrected chi connectivity index (χ4v) is 2.86. The molecule has 1 fully saturated rings. The molecule has 1 aromatic rings. The van der Waals surface area contributed by atoms with Gasteiger partial charge in [-0.3, -0.25) is 0 Å². The van der Waals surface area contributed by atoms with Crippen molar-refractivity contribution in [1.82, 2.24) is 4.90 Å². The van der Waals surface area contributed by atoms with Gasteiger partial charge in [-0.2, -0.15) is 5.26 Å². The van der Waals surface area contributed by atoms with Gasteiger partial charge in [-0.1, -0.05) is 6.07 Å². The third-order valence-corrected chi connectivity index (χ3v) is 3.95. The van der Waals surface area contributed by atoms with Gasteiger partial charge in [0.25, 0.3) is 0 Å². The molecule has 0 unspecified atom stereocenters. The van der Waals surface area contributed by atoms with E-state index < -0.39 is 11.9 Å². The van der Waals surface area contributed by atoms with E-state index in [2.05, 4.69) is 10.8 Å². The Morgan fingerprint density at radius 2 is 1.91 bits per heavy atom. The van der Waals surface area contributed by atoms with Crippen molar-refractivity contribution in [2.75, 3.05) is 34.4 Å². The molecule has 2 rings (SSSR count). The number of ether oxygens (including phenoxy) is 2. The number of nitriles is 1. The highest BCUT2D eigenvalue weighted by atomic mass is 16.5. The van der Waals surface area contributed by atoms with Crippen LogP contribution in [0.15, 0.2) is 18.2 Å². The molecule has 0 spiro atoms. The summed E-state index contributed by atoms with van der Waals surface area (Å²) in [5.41, 5.74) is 1.33. The number of esters is 2. The first kappa shape index (κ1) is 16.0. The predicted molar refractivity (Wildman–Crippen MR) is 78.5 cm³/mol. The number of likely N-dealkylation sites (tertiary alicyclic amines) is 1. The predicted octanol–water partition coefficient (Wildman–Crippen LogP) is 1.43. The summed E-state index contributed by atoms with van der Waals surface area (Å²) < 4.78 is 9.49. The highest BCUT2D eigenvalue weighted by molar-refractivity contribution is 5.96. The molecule has 116 valence electrons. The van der Waals surface area contributed by atoms with Crippen molar-refractivity contribution in [2.45, 2.75) is 5.92 Å². The number of rotatable bonds is 3. The third-order valence-electron chi connectivity index (χ3n) is 3.95. The Bertz CT molecular complexity index is 636. The van der Waals surface area contributed by atoms with Gasteiger partial charge >= 0.3 is 11.9 Å². The molecular weight excluding hydrogens is 284 g/mol. The quantitative estimate of drug-likeness (QED) is 0.786. The van der Waals surface area contributed by atoms with Crippen LogP contribution in [0.25, 0.3) is 0 Å². The van der Waals surface area contributed by atoms with Gasteiger partial charge in [-0.25, -0.2) is 9.59 Å². The monoisotopic (exact) mass is 302 g/mol. The third kappa shape index (κ3) is 2.95. The van der Waals surface area contributed by atoms with Crippen LogP contribution in [0.2, 0.25) is 0 Å². The first-order valence-electron chi connectivity index (χ1n) is 6.90.